The van der Waals surface area contributed by atoms with Gasteiger partial charge in [-0.1, -0.05) is 45.0 Å². The van der Waals surface area contributed by atoms with Crippen LogP contribution in [0.4, 0.5) is 5.69 Å². The normalized spacial score (nSPS) is 10.9. The van der Waals surface area contributed by atoms with Crippen molar-refractivity contribution in [1.29, 1.82) is 5.41 Å². The molecule has 2 aromatic rings. The molecule has 4 N–H and O–H groups in total. The van der Waals surface area contributed by atoms with Crippen molar-refractivity contribution in [3.8, 4) is 0 Å². The lowest BCUT2D eigenvalue weighted by Crippen LogP contribution is -2.31. The SMILES string of the molecule is CN(C)CCSSCCn1cc(CNC(=O)C(=N)c2ccccc2N)nn1. The average molecular weight is 408 g/mol. The monoisotopic (exact) mass is 407 g/mol. The van der Waals surface area contributed by atoms with Crippen LogP contribution in [-0.4, -0.2) is 63.7 Å². The van der Waals surface area contributed by atoms with Gasteiger partial charge in [-0.05, 0) is 20.2 Å². The van der Waals surface area contributed by atoms with Crippen LogP contribution in [0.5, 0.6) is 0 Å². The Labute approximate surface area is 167 Å². The van der Waals surface area contributed by atoms with Gasteiger partial charge < -0.3 is 16.0 Å². The van der Waals surface area contributed by atoms with Gasteiger partial charge in [0.2, 0.25) is 0 Å². The Kier molecular flexibility index (Phi) is 8.62. The highest BCUT2D eigenvalue weighted by atomic mass is 33.1. The Morgan fingerprint density at radius 3 is 2.78 bits per heavy atom. The fourth-order valence-corrected chi connectivity index (χ4v) is 4.19. The van der Waals surface area contributed by atoms with Crippen molar-refractivity contribution in [1.82, 2.24) is 25.2 Å². The van der Waals surface area contributed by atoms with E-state index < -0.39 is 5.91 Å². The molecule has 1 aromatic carbocycles. The molecule has 1 heterocycles. The molecule has 8 nitrogen and oxygen atoms in total. The van der Waals surface area contributed by atoms with Crippen LogP contribution in [0, 0.1) is 5.41 Å². The first kappa shape index (κ1) is 21.3. The Morgan fingerprint density at radius 2 is 2.04 bits per heavy atom. The molecule has 0 aliphatic rings. The third-order valence-corrected chi connectivity index (χ3v) is 5.95. The summed E-state index contributed by atoms with van der Waals surface area (Å²) in [6.07, 6.45) is 1.81. The highest BCUT2D eigenvalue weighted by Gasteiger charge is 2.14. The van der Waals surface area contributed by atoms with Gasteiger partial charge in [0, 0.05) is 29.3 Å². The molecule has 0 radical (unpaired) electrons. The molecule has 2 rings (SSSR count). The summed E-state index contributed by atoms with van der Waals surface area (Å²) in [7, 11) is 7.79. The predicted octanol–water partition coefficient (Wildman–Crippen LogP) is 1.49. The van der Waals surface area contributed by atoms with Crippen molar-refractivity contribution < 1.29 is 4.79 Å². The van der Waals surface area contributed by atoms with Gasteiger partial charge in [0.25, 0.3) is 5.91 Å². The van der Waals surface area contributed by atoms with Gasteiger partial charge in [0.15, 0.2) is 0 Å². The van der Waals surface area contributed by atoms with Crippen LogP contribution in [0.15, 0.2) is 30.5 Å². The zero-order valence-corrected chi connectivity index (χ0v) is 17.1. The largest absolute Gasteiger partial charge is 0.398 e. The number of para-hydroxylation sites is 1. The Balaban J connectivity index is 1.72. The van der Waals surface area contributed by atoms with Crippen LogP contribution in [0.1, 0.15) is 11.3 Å². The highest BCUT2D eigenvalue weighted by molar-refractivity contribution is 8.76. The molecule has 0 saturated heterocycles. The lowest BCUT2D eigenvalue weighted by Gasteiger charge is -2.08. The van der Waals surface area contributed by atoms with E-state index in [1.807, 2.05) is 27.8 Å². The van der Waals surface area contributed by atoms with Gasteiger partial charge in [-0.2, -0.15) is 0 Å². The van der Waals surface area contributed by atoms with E-state index in [1.165, 1.54) is 0 Å². The summed E-state index contributed by atoms with van der Waals surface area (Å²) >= 11 is 0. The van der Waals surface area contributed by atoms with Gasteiger partial charge in [-0.15, -0.1) is 5.10 Å². The van der Waals surface area contributed by atoms with Crippen LogP contribution in [0.2, 0.25) is 0 Å². The molecule has 0 bridgehead atoms. The van der Waals surface area contributed by atoms with Gasteiger partial charge in [0.05, 0.1) is 19.3 Å². The second-order valence-electron chi connectivity index (χ2n) is 6.07. The van der Waals surface area contributed by atoms with E-state index >= 15 is 0 Å². The number of nitrogens with one attached hydrogen (secondary N) is 2. The number of hydrogen-bond acceptors (Lipinski definition) is 8. The average Bonchev–Trinajstić information content (AvgIpc) is 3.10. The molecule has 0 spiro atoms. The molecular formula is C17H25N7OS2. The molecule has 0 atom stereocenters. The molecular weight excluding hydrogens is 382 g/mol. The number of amides is 1. The van der Waals surface area contributed by atoms with E-state index in [1.54, 1.807) is 28.9 Å². The van der Waals surface area contributed by atoms with Crippen LogP contribution in [-0.2, 0) is 17.9 Å². The van der Waals surface area contributed by atoms with Gasteiger partial charge in [-0.3, -0.25) is 14.9 Å². The van der Waals surface area contributed by atoms with Crippen molar-refractivity contribution in [3.63, 3.8) is 0 Å². The number of aromatic nitrogens is 3. The molecule has 10 heteroatoms. The second-order valence-corrected chi connectivity index (χ2v) is 8.77. The predicted molar refractivity (Wildman–Crippen MR) is 113 cm³/mol. The fourth-order valence-electron chi connectivity index (χ4n) is 2.10. The maximum atomic E-state index is 12.1. The van der Waals surface area contributed by atoms with Crippen molar-refractivity contribution in [2.24, 2.45) is 0 Å². The van der Waals surface area contributed by atoms with E-state index in [-0.39, 0.29) is 12.3 Å². The smallest absolute Gasteiger partial charge is 0.270 e. The number of hydrogen-bond donors (Lipinski definition) is 3. The zero-order chi connectivity index (χ0) is 19.6. The van der Waals surface area contributed by atoms with E-state index in [2.05, 4.69) is 34.6 Å². The zero-order valence-electron chi connectivity index (χ0n) is 15.5. The minimum absolute atomic E-state index is 0.161. The number of carbonyl (C=O) groups excluding carboxylic acids is 1. The number of anilines is 1. The maximum Gasteiger partial charge on any atom is 0.270 e. The van der Waals surface area contributed by atoms with E-state index in [4.69, 9.17) is 11.1 Å². The first-order valence-electron chi connectivity index (χ1n) is 8.47. The van der Waals surface area contributed by atoms with Gasteiger partial charge >= 0.3 is 0 Å². The Hall–Kier alpha value is -2.04. The Morgan fingerprint density at radius 1 is 1.30 bits per heavy atom. The van der Waals surface area contributed by atoms with E-state index in [0.717, 1.165) is 24.6 Å². The number of nitrogen functional groups attached to an aromatic ring is 1. The standard InChI is InChI=1S/C17H25N7OS2/c1-23(2)7-9-26-27-10-8-24-12-13(21-22-24)11-20-17(25)16(19)14-5-3-4-6-15(14)18/h3-6,12,19H,7-11,18H2,1-2H3,(H,20,25). The van der Waals surface area contributed by atoms with Crippen LogP contribution in [0.3, 0.4) is 0 Å². The molecule has 0 saturated carbocycles. The topological polar surface area (TPSA) is 113 Å². The van der Waals surface area contributed by atoms with Crippen molar-refractivity contribution in [2.45, 2.75) is 13.1 Å². The van der Waals surface area contributed by atoms with E-state index in [9.17, 15) is 4.79 Å². The van der Waals surface area contributed by atoms with Crippen LogP contribution >= 0.6 is 21.6 Å². The first-order chi connectivity index (χ1) is 13.0. The highest BCUT2D eigenvalue weighted by Crippen LogP contribution is 2.20. The van der Waals surface area contributed by atoms with E-state index in [0.29, 0.717) is 16.9 Å². The summed E-state index contributed by atoms with van der Waals surface area (Å²) < 4.78 is 1.77. The minimum Gasteiger partial charge on any atom is -0.398 e. The molecule has 0 unspecified atom stereocenters. The van der Waals surface area contributed by atoms with Crippen LogP contribution < -0.4 is 11.1 Å². The van der Waals surface area contributed by atoms with Crippen molar-refractivity contribution in [2.75, 3.05) is 37.9 Å². The molecule has 27 heavy (non-hydrogen) atoms. The summed E-state index contributed by atoms with van der Waals surface area (Å²) in [5, 5.41) is 18.8. The number of aryl methyl sites for hydroxylation is 1. The maximum absolute atomic E-state index is 12.1. The number of benzene rings is 1. The summed E-state index contributed by atoms with van der Waals surface area (Å²) in [5.41, 5.74) is 7.13. The Bertz CT molecular complexity index is 763. The number of nitrogens with two attached hydrogens (primary N) is 1. The summed E-state index contributed by atoms with van der Waals surface area (Å²) in [6, 6.07) is 6.83. The molecule has 0 fully saturated rings. The van der Waals surface area contributed by atoms with Crippen LogP contribution in [0.25, 0.3) is 0 Å². The lowest BCUT2D eigenvalue weighted by molar-refractivity contribution is -0.115. The summed E-state index contributed by atoms with van der Waals surface area (Å²) in [5.74, 6) is 1.53. The number of carbonyl (C=O) groups is 1. The molecule has 146 valence electrons. The molecule has 1 amide bonds. The molecule has 0 aliphatic carbocycles. The third-order valence-electron chi connectivity index (χ3n) is 3.58. The lowest BCUT2D eigenvalue weighted by atomic mass is 10.1. The second kappa shape index (κ2) is 11.0. The third kappa shape index (κ3) is 7.24. The fraction of sp³-hybridized carbons (Fsp3) is 0.412. The number of nitrogens with zero attached hydrogens (tertiary/aromatic N) is 4. The minimum atomic E-state index is -0.490. The first-order valence-corrected chi connectivity index (χ1v) is 11.0. The number of rotatable bonds is 11. The summed E-state index contributed by atoms with van der Waals surface area (Å²) in [4.78, 5) is 14.3. The van der Waals surface area contributed by atoms with Gasteiger partial charge in [-0.25, -0.2) is 0 Å². The van der Waals surface area contributed by atoms with Crippen molar-refractivity contribution in [3.05, 3.63) is 41.7 Å². The molecule has 1 aromatic heterocycles. The quantitative estimate of drug-likeness (QED) is 0.224. The van der Waals surface area contributed by atoms with Crippen molar-refractivity contribution >= 4 is 38.9 Å². The molecule has 0 aliphatic heterocycles. The van der Waals surface area contributed by atoms with Gasteiger partial charge in [0.1, 0.15) is 11.4 Å². The summed E-state index contributed by atoms with van der Waals surface area (Å²) in [6.45, 7) is 2.05.